The Hall–Kier alpha value is -3.06. The number of ether oxygens (including phenoxy) is 3. The van der Waals surface area contributed by atoms with E-state index in [1.165, 1.54) is 0 Å². The average Bonchev–Trinajstić information content (AvgIpc) is 3.20. The first-order valence-corrected chi connectivity index (χ1v) is 9.30. The first kappa shape index (κ1) is 19.7. The predicted octanol–water partition coefficient (Wildman–Crippen LogP) is 2.43. The van der Waals surface area contributed by atoms with Gasteiger partial charge in [-0.15, -0.1) is 0 Å². The van der Waals surface area contributed by atoms with E-state index in [4.69, 9.17) is 14.2 Å². The number of nitrogens with one attached hydrogen (secondary N) is 2. The van der Waals surface area contributed by atoms with Crippen molar-refractivity contribution in [3.8, 4) is 11.5 Å². The molecule has 0 saturated carbocycles. The molecule has 0 bridgehead atoms. The number of fused-ring (bicyclic) bond motifs is 1. The third kappa shape index (κ3) is 5.01. The summed E-state index contributed by atoms with van der Waals surface area (Å²) in [7, 11) is 0. The van der Waals surface area contributed by atoms with E-state index in [-0.39, 0.29) is 18.6 Å². The molecular formula is C21H24N2O5. The maximum Gasteiger partial charge on any atom is 0.252 e. The molecule has 1 aliphatic heterocycles. The summed E-state index contributed by atoms with van der Waals surface area (Å²) >= 11 is 0. The van der Waals surface area contributed by atoms with Crippen LogP contribution in [0.5, 0.6) is 11.5 Å². The van der Waals surface area contributed by atoms with E-state index in [1.807, 2.05) is 37.3 Å². The molecule has 0 aromatic heterocycles. The van der Waals surface area contributed by atoms with Gasteiger partial charge in [0.15, 0.2) is 11.5 Å². The van der Waals surface area contributed by atoms with Crippen molar-refractivity contribution in [2.45, 2.75) is 19.4 Å². The van der Waals surface area contributed by atoms with Gasteiger partial charge in [-0.25, -0.2) is 0 Å². The maximum atomic E-state index is 12.7. The maximum absolute atomic E-state index is 12.7. The second-order valence-corrected chi connectivity index (χ2v) is 6.23. The molecule has 7 heteroatoms. The monoisotopic (exact) mass is 384 g/mol. The van der Waals surface area contributed by atoms with Crippen LogP contribution in [-0.4, -0.2) is 38.4 Å². The molecule has 0 unspecified atom stereocenters. The van der Waals surface area contributed by atoms with E-state index in [1.54, 1.807) is 18.2 Å². The van der Waals surface area contributed by atoms with Crippen LogP contribution in [0.25, 0.3) is 0 Å². The summed E-state index contributed by atoms with van der Waals surface area (Å²) in [6.07, 6.45) is 0.706. The van der Waals surface area contributed by atoms with Crippen LogP contribution in [0.3, 0.4) is 0 Å². The number of carbonyl (C=O) groups excluding carboxylic acids is 2. The molecule has 2 amide bonds. The van der Waals surface area contributed by atoms with Crippen molar-refractivity contribution in [2.24, 2.45) is 0 Å². The van der Waals surface area contributed by atoms with Crippen molar-refractivity contribution < 1.29 is 23.8 Å². The van der Waals surface area contributed by atoms with Gasteiger partial charge in [0.25, 0.3) is 5.91 Å². The minimum atomic E-state index is -0.800. The van der Waals surface area contributed by atoms with E-state index in [0.717, 1.165) is 0 Å². The molecule has 1 heterocycles. The number of hydrogen-bond donors (Lipinski definition) is 2. The zero-order valence-electron chi connectivity index (χ0n) is 15.8. The summed E-state index contributed by atoms with van der Waals surface area (Å²) in [6.45, 7) is 3.76. The van der Waals surface area contributed by atoms with Gasteiger partial charge >= 0.3 is 0 Å². The van der Waals surface area contributed by atoms with Crippen LogP contribution in [0, 0.1) is 0 Å². The molecule has 0 fully saturated rings. The van der Waals surface area contributed by atoms with Crippen LogP contribution in [-0.2, 0) is 9.53 Å². The molecule has 7 nitrogen and oxygen atoms in total. The third-order valence-corrected chi connectivity index (χ3v) is 4.27. The Morgan fingerprint density at radius 3 is 2.68 bits per heavy atom. The summed E-state index contributed by atoms with van der Waals surface area (Å²) in [4.78, 5) is 25.5. The molecule has 0 radical (unpaired) electrons. The van der Waals surface area contributed by atoms with Crippen molar-refractivity contribution in [1.29, 1.82) is 0 Å². The lowest BCUT2D eigenvalue weighted by Crippen LogP contribution is -2.40. The van der Waals surface area contributed by atoms with Crippen LogP contribution in [0.1, 0.15) is 35.3 Å². The zero-order chi connectivity index (χ0) is 19.8. The molecule has 2 aromatic carbocycles. The lowest BCUT2D eigenvalue weighted by atomic mass is 10.1. The normalized spacial score (nSPS) is 13.0. The Balaban J connectivity index is 1.68. The van der Waals surface area contributed by atoms with E-state index in [0.29, 0.717) is 48.8 Å². The highest BCUT2D eigenvalue weighted by atomic mass is 16.7. The molecule has 0 aliphatic carbocycles. The van der Waals surface area contributed by atoms with Gasteiger partial charge in [-0.2, -0.15) is 0 Å². The highest BCUT2D eigenvalue weighted by Crippen LogP contribution is 2.32. The Morgan fingerprint density at radius 2 is 1.89 bits per heavy atom. The smallest absolute Gasteiger partial charge is 0.252 e. The number of benzene rings is 2. The van der Waals surface area contributed by atoms with E-state index < -0.39 is 6.04 Å². The second-order valence-electron chi connectivity index (χ2n) is 6.23. The first-order valence-electron chi connectivity index (χ1n) is 9.30. The molecule has 1 atom stereocenters. The predicted molar refractivity (Wildman–Crippen MR) is 103 cm³/mol. The van der Waals surface area contributed by atoms with Crippen molar-refractivity contribution in [3.05, 3.63) is 59.7 Å². The fourth-order valence-electron chi connectivity index (χ4n) is 2.83. The van der Waals surface area contributed by atoms with Crippen LogP contribution in [0.4, 0.5) is 0 Å². The molecule has 0 saturated heterocycles. The standard InChI is InChI=1S/C21H24N2O5/c1-2-26-12-6-11-22-21(25)19(15-7-4-3-5-8-15)23-20(24)16-9-10-17-18(13-16)28-14-27-17/h3-5,7-10,13,19H,2,6,11-12,14H2,1H3,(H,22,25)(H,23,24)/t19-/m0/s1. The molecule has 28 heavy (non-hydrogen) atoms. The average molecular weight is 384 g/mol. The van der Waals surface area contributed by atoms with Crippen molar-refractivity contribution >= 4 is 11.8 Å². The summed E-state index contributed by atoms with van der Waals surface area (Å²) in [5, 5.41) is 5.67. The molecule has 148 valence electrons. The third-order valence-electron chi connectivity index (χ3n) is 4.27. The van der Waals surface area contributed by atoms with Crippen LogP contribution in [0.2, 0.25) is 0 Å². The van der Waals surface area contributed by atoms with Gasteiger partial charge in [0.05, 0.1) is 0 Å². The molecule has 2 N–H and O–H groups in total. The summed E-state index contributed by atoms with van der Waals surface area (Å²) in [5.74, 6) is 0.487. The van der Waals surface area contributed by atoms with Crippen molar-refractivity contribution in [2.75, 3.05) is 26.6 Å². The van der Waals surface area contributed by atoms with Gasteiger partial charge < -0.3 is 24.8 Å². The fourth-order valence-corrected chi connectivity index (χ4v) is 2.83. The number of amides is 2. The minimum Gasteiger partial charge on any atom is -0.454 e. The molecule has 1 aliphatic rings. The Morgan fingerprint density at radius 1 is 1.11 bits per heavy atom. The quantitative estimate of drug-likeness (QED) is 0.649. The van der Waals surface area contributed by atoms with E-state index >= 15 is 0 Å². The Kier molecular flexibility index (Phi) is 6.86. The highest BCUT2D eigenvalue weighted by molar-refractivity contribution is 5.98. The number of rotatable bonds is 9. The zero-order valence-corrected chi connectivity index (χ0v) is 15.8. The van der Waals surface area contributed by atoms with Crippen molar-refractivity contribution in [3.63, 3.8) is 0 Å². The SMILES string of the molecule is CCOCCCNC(=O)[C@@H](NC(=O)c1ccc2c(c1)OCO2)c1ccccc1. The summed E-state index contributed by atoms with van der Waals surface area (Å²) in [5.41, 5.74) is 1.10. The van der Waals surface area contributed by atoms with Crippen molar-refractivity contribution in [1.82, 2.24) is 10.6 Å². The Labute approximate surface area is 164 Å². The molecule has 0 spiro atoms. The van der Waals surface area contributed by atoms with Gasteiger partial charge in [0.1, 0.15) is 6.04 Å². The first-order chi connectivity index (χ1) is 13.7. The topological polar surface area (TPSA) is 85.9 Å². The van der Waals surface area contributed by atoms with Crippen LogP contribution in [0.15, 0.2) is 48.5 Å². The largest absolute Gasteiger partial charge is 0.454 e. The number of carbonyl (C=O) groups is 2. The molecular weight excluding hydrogens is 360 g/mol. The number of hydrogen-bond acceptors (Lipinski definition) is 5. The van der Waals surface area contributed by atoms with Gasteiger partial charge in [-0.1, -0.05) is 30.3 Å². The Bertz CT molecular complexity index is 810. The van der Waals surface area contributed by atoms with E-state index in [9.17, 15) is 9.59 Å². The van der Waals surface area contributed by atoms with Gasteiger partial charge in [-0.3, -0.25) is 9.59 Å². The van der Waals surface area contributed by atoms with Crippen LogP contribution >= 0.6 is 0 Å². The lowest BCUT2D eigenvalue weighted by Gasteiger charge is -2.19. The fraction of sp³-hybridized carbons (Fsp3) is 0.333. The highest BCUT2D eigenvalue weighted by Gasteiger charge is 2.24. The second kappa shape index (κ2) is 9.75. The van der Waals surface area contributed by atoms with Gasteiger partial charge in [0.2, 0.25) is 12.7 Å². The van der Waals surface area contributed by atoms with Crippen LogP contribution < -0.4 is 20.1 Å². The van der Waals surface area contributed by atoms with Gasteiger partial charge in [-0.05, 0) is 37.1 Å². The summed E-state index contributed by atoms with van der Waals surface area (Å²) < 4.78 is 15.9. The lowest BCUT2D eigenvalue weighted by molar-refractivity contribution is -0.123. The summed E-state index contributed by atoms with van der Waals surface area (Å²) in [6, 6.07) is 13.3. The minimum absolute atomic E-state index is 0.136. The van der Waals surface area contributed by atoms with Gasteiger partial charge in [0, 0.05) is 25.3 Å². The molecule has 2 aromatic rings. The molecule has 3 rings (SSSR count). The van der Waals surface area contributed by atoms with E-state index in [2.05, 4.69) is 10.6 Å².